The second-order valence-electron chi connectivity index (χ2n) is 11.0. The average molecular weight is 610 g/mol. The SMILES string of the molecule is COC(=O)[C@@](C)(CNC(=O)N[C@@H]1CCc2ccccc21)NC(=O)c1c(Cl)ccc(NC2CCc3ccccc3C2)c1Cl. The lowest BCUT2D eigenvalue weighted by molar-refractivity contribution is -0.147. The van der Waals surface area contributed by atoms with Crippen LogP contribution in [0.2, 0.25) is 10.0 Å². The van der Waals surface area contributed by atoms with Crippen LogP contribution in [0.1, 0.15) is 58.4 Å². The van der Waals surface area contributed by atoms with Gasteiger partial charge in [-0.25, -0.2) is 9.59 Å². The van der Waals surface area contributed by atoms with E-state index in [-0.39, 0.29) is 34.2 Å². The van der Waals surface area contributed by atoms with E-state index in [4.69, 9.17) is 27.9 Å². The minimum Gasteiger partial charge on any atom is -0.467 e. The highest BCUT2D eigenvalue weighted by Gasteiger charge is 2.38. The van der Waals surface area contributed by atoms with Crippen LogP contribution in [0.25, 0.3) is 0 Å². The quantitative estimate of drug-likeness (QED) is 0.249. The summed E-state index contributed by atoms with van der Waals surface area (Å²) in [5.41, 5.74) is 3.91. The zero-order valence-corrected chi connectivity index (χ0v) is 25.1. The van der Waals surface area contributed by atoms with Gasteiger partial charge in [-0.2, -0.15) is 0 Å². The van der Waals surface area contributed by atoms with Gasteiger partial charge in [-0.05, 0) is 73.4 Å². The normalized spacial score (nSPS) is 18.6. The third-order valence-corrected chi connectivity index (χ3v) is 8.80. The Morgan fingerprint density at radius 1 is 0.929 bits per heavy atom. The van der Waals surface area contributed by atoms with Crippen LogP contribution in [0.3, 0.4) is 0 Å². The monoisotopic (exact) mass is 608 g/mol. The third-order valence-electron chi connectivity index (χ3n) is 8.09. The second-order valence-corrected chi connectivity index (χ2v) is 11.8. The summed E-state index contributed by atoms with van der Waals surface area (Å²) in [4.78, 5) is 39.2. The summed E-state index contributed by atoms with van der Waals surface area (Å²) < 4.78 is 4.97. The lowest BCUT2D eigenvalue weighted by atomic mass is 9.88. The molecule has 0 saturated heterocycles. The molecule has 10 heteroatoms. The molecule has 0 spiro atoms. The average Bonchev–Trinajstić information content (AvgIpc) is 3.39. The summed E-state index contributed by atoms with van der Waals surface area (Å²) in [5.74, 6) is -1.40. The number of ether oxygens (including phenoxy) is 1. The van der Waals surface area contributed by atoms with Crippen molar-refractivity contribution in [3.8, 4) is 0 Å². The molecule has 5 rings (SSSR count). The number of hydrogen-bond donors (Lipinski definition) is 4. The van der Waals surface area contributed by atoms with E-state index in [1.165, 1.54) is 30.7 Å². The van der Waals surface area contributed by atoms with E-state index in [0.29, 0.717) is 5.69 Å². The Balaban J connectivity index is 1.26. The first-order valence-corrected chi connectivity index (χ1v) is 14.8. The molecule has 3 amide bonds. The second kappa shape index (κ2) is 12.6. The van der Waals surface area contributed by atoms with Crippen molar-refractivity contribution in [1.82, 2.24) is 16.0 Å². The number of amides is 3. The maximum atomic E-state index is 13.5. The Labute approximate surface area is 255 Å². The maximum absolute atomic E-state index is 13.5. The van der Waals surface area contributed by atoms with Crippen LogP contribution in [-0.2, 0) is 28.8 Å². The molecule has 0 heterocycles. The highest BCUT2D eigenvalue weighted by atomic mass is 35.5. The molecule has 0 radical (unpaired) electrons. The van der Waals surface area contributed by atoms with Crippen LogP contribution >= 0.6 is 23.2 Å². The molecule has 2 aliphatic rings. The number of carbonyl (C=O) groups is 3. The fraction of sp³-hybridized carbons (Fsp3) is 0.344. The smallest absolute Gasteiger partial charge is 0.333 e. The fourth-order valence-electron chi connectivity index (χ4n) is 5.79. The number of methoxy groups -OCH3 is 1. The zero-order valence-electron chi connectivity index (χ0n) is 23.6. The molecule has 0 bridgehead atoms. The van der Waals surface area contributed by atoms with E-state index in [9.17, 15) is 14.4 Å². The molecule has 0 aromatic heterocycles. The summed E-state index contributed by atoms with van der Waals surface area (Å²) in [6, 6.07) is 19.2. The Morgan fingerprint density at radius 2 is 1.62 bits per heavy atom. The number of anilines is 1. The number of benzene rings is 3. The molecule has 0 saturated carbocycles. The Morgan fingerprint density at radius 3 is 2.38 bits per heavy atom. The standard InChI is InChI=1S/C32H34Cl2N4O4/c1-32(30(40)42-2,18-35-31(41)37-25-15-12-20-8-5-6-10-23(20)25)38-29(39)27-24(33)14-16-26(28(27)34)36-22-13-11-19-7-3-4-9-21(19)17-22/h3-10,14,16,22,25,36H,11-13,15,17-18H2,1-2H3,(H,38,39)(H2,35,37,41)/t22?,25-,32-/m1/s1. The molecular formula is C32H34Cl2N4O4. The Hall–Kier alpha value is -3.75. The van der Waals surface area contributed by atoms with Gasteiger partial charge in [0.1, 0.15) is 0 Å². The van der Waals surface area contributed by atoms with Gasteiger partial charge < -0.3 is 26.0 Å². The molecule has 3 aromatic carbocycles. The van der Waals surface area contributed by atoms with Gasteiger partial charge in [0, 0.05) is 6.04 Å². The number of aryl methyl sites for hydroxylation is 2. The number of carbonyl (C=O) groups excluding carboxylic acids is 3. The number of esters is 1. The van der Waals surface area contributed by atoms with Crippen LogP contribution in [0.15, 0.2) is 60.7 Å². The van der Waals surface area contributed by atoms with Gasteiger partial charge in [0.2, 0.25) is 0 Å². The van der Waals surface area contributed by atoms with Crippen LogP contribution in [-0.4, -0.2) is 43.1 Å². The van der Waals surface area contributed by atoms with Crippen molar-refractivity contribution in [2.75, 3.05) is 19.0 Å². The largest absolute Gasteiger partial charge is 0.467 e. The van der Waals surface area contributed by atoms with Crippen LogP contribution in [0.4, 0.5) is 10.5 Å². The van der Waals surface area contributed by atoms with Crippen molar-refractivity contribution < 1.29 is 19.1 Å². The first-order valence-electron chi connectivity index (χ1n) is 14.0. The van der Waals surface area contributed by atoms with Gasteiger partial charge in [0.15, 0.2) is 5.54 Å². The first-order chi connectivity index (χ1) is 20.2. The molecule has 3 aromatic rings. The Kier molecular flexibility index (Phi) is 8.94. The molecule has 220 valence electrons. The molecule has 1 unspecified atom stereocenters. The number of fused-ring (bicyclic) bond motifs is 2. The topological polar surface area (TPSA) is 109 Å². The van der Waals surface area contributed by atoms with Gasteiger partial charge in [-0.15, -0.1) is 0 Å². The molecule has 42 heavy (non-hydrogen) atoms. The summed E-state index contributed by atoms with van der Waals surface area (Å²) in [6.07, 6.45) is 4.35. The number of urea groups is 1. The predicted octanol–water partition coefficient (Wildman–Crippen LogP) is 5.61. The minimum atomic E-state index is -1.60. The molecular weight excluding hydrogens is 575 g/mol. The lowest BCUT2D eigenvalue weighted by Gasteiger charge is -2.29. The molecule has 4 N–H and O–H groups in total. The maximum Gasteiger partial charge on any atom is 0.333 e. The van der Waals surface area contributed by atoms with E-state index in [1.54, 1.807) is 12.1 Å². The molecule has 0 fully saturated rings. The predicted molar refractivity (Wildman–Crippen MR) is 164 cm³/mol. The van der Waals surface area contributed by atoms with Gasteiger partial charge in [0.05, 0.1) is 41.0 Å². The van der Waals surface area contributed by atoms with E-state index in [0.717, 1.165) is 37.7 Å². The minimum absolute atomic E-state index is 0.0293. The lowest BCUT2D eigenvalue weighted by Crippen LogP contribution is -2.60. The summed E-state index contributed by atoms with van der Waals surface area (Å²) in [5, 5.41) is 12.1. The summed E-state index contributed by atoms with van der Waals surface area (Å²) in [6.45, 7) is 1.26. The van der Waals surface area contributed by atoms with Crippen molar-refractivity contribution in [3.05, 3.63) is 98.5 Å². The number of halogens is 2. The summed E-state index contributed by atoms with van der Waals surface area (Å²) in [7, 11) is 1.22. The van der Waals surface area contributed by atoms with Crippen molar-refractivity contribution in [3.63, 3.8) is 0 Å². The van der Waals surface area contributed by atoms with Gasteiger partial charge in [-0.1, -0.05) is 71.7 Å². The third kappa shape index (κ3) is 6.35. The van der Waals surface area contributed by atoms with E-state index in [2.05, 4.69) is 33.4 Å². The van der Waals surface area contributed by atoms with Crippen LogP contribution < -0.4 is 21.3 Å². The highest BCUT2D eigenvalue weighted by molar-refractivity contribution is 6.41. The van der Waals surface area contributed by atoms with Crippen molar-refractivity contribution in [2.24, 2.45) is 0 Å². The van der Waals surface area contributed by atoms with E-state index < -0.39 is 23.4 Å². The first kappa shape index (κ1) is 29.7. The van der Waals surface area contributed by atoms with E-state index in [1.807, 2.05) is 36.4 Å². The number of hydrogen-bond acceptors (Lipinski definition) is 5. The van der Waals surface area contributed by atoms with Crippen LogP contribution in [0.5, 0.6) is 0 Å². The number of nitrogens with one attached hydrogen (secondary N) is 4. The molecule has 0 aliphatic heterocycles. The molecule has 3 atom stereocenters. The molecule has 2 aliphatic carbocycles. The molecule has 8 nitrogen and oxygen atoms in total. The van der Waals surface area contributed by atoms with Crippen molar-refractivity contribution in [2.45, 2.75) is 56.7 Å². The van der Waals surface area contributed by atoms with Gasteiger partial charge >= 0.3 is 12.0 Å². The number of rotatable bonds is 8. The van der Waals surface area contributed by atoms with Crippen molar-refractivity contribution >= 4 is 46.8 Å². The highest BCUT2D eigenvalue weighted by Crippen LogP contribution is 2.34. The van der Waals surface area contributed by atoms with Crippen molar-refractivity contribution in [1.29, 1.82) is 0 Å². The van der Waals surface area contributed by atoms with Crippen LogP contribution in [0, 0.1) is 0 Å². The van der Waals surface area contributed by atoms with Gasteiger partial charge in [-0.3, -0.25) is 4.79 Å². The summed E-state index contributed by atoms with van der Waals surface area (Å²) >= 11 is 13.2. The van der Waals surface area contributed by atoms with Gasteiger partial charge in [0.25, 0.3) is 5.91 Å². The Bertz CT molecular complexity index is 1510. The van der Waals surface area contributed by atoms with E-state index >= 15 is 0 Å². The zero-order chi connectivity index (χ0) is 29.9. The fourth-order valence-corrected chi connectivity index (χ4v) is 6.39.